The van der Waals surface area contributed by atoms with E-state index in [1.165, 1.54) is 12.8 Å². The van der Waals surface area contributed by atoms with Crippen molar-refractivity contribution < 1.29 is 9.59 Å². The number of amides is 2. The number of likely N-dealkylation sites (N-methyl/N-ethyl adjacent to an activating group) is 1. The molecule has 0 saturated carbocycles. The molecule has 0 aromatic carbocycles. The minimum absolute atomic E-state index is 0.0664. The van der Waals surface area contributed by atoms with Crippen LogP contribution in [0.1, 0.15) is 26.2 Å². The van der Waals surface area contributed by atoms with Gasteiger partial charge in [0.05, 0.1) is 5.92 Å². The molecule has 2 aliphatic rings. The highest BCUT2D eigenvalue weighted by Gasteiger charge is 2.35. The molecule has 124 valence electrons. The predicted octanol–water partition coefficient (Wildman–Crippen LogP) is 1.21. The number of nitrogens with zero attached hydrogens (tertiary/aromatic N) is 3. The maximum Gasteiger partial charge on any atom is 0.227 e. The van der Waals surface area contributed by atoms with E-state index in [1.54, 1.807) is 15.9 Å². The van der Waals surface area contributed by atoms with E-state index in [-0.39, 0.29) is 17.7 Å². The quantitative estimate of drug-likeness (QED) is 0.693. The first-order valence-corrected chi connectivity index (χ1v) is 8.37. The summed E-state index contributed by atoms with van der Waals surface area (Å²) in [6.45, 7) is 11.0. The first-order valence-electron chi connectivity index (χ1n) is 8.37. The maximum absolute atomic E-state index is 12.5. The van der Waals surface area contributed by atoms with Crippen molar-refractivity contribution in [1.29, 1.82) is 0 Å². The Morgan fingerprint density at radius 3 is 2.73 bits per heavy atom. The highest BCUT2D eigenvalue weighted by molar-refractivity contribution is 5.89. The summed E-state index contributed by atoms with van der Waals surface area (Å²) in [5.41, 5.74) is 0. The lowest BCUT2D eigenvalue weighted by Gasteiger charge is -2.32. The van der Waals surface area contributed by atoms with Crippen LogP contribution in [0.4, 0.5) is 0 Å². The molecule has 0 N–H and O–H groups in total. The summed E-state index contributed by atoms with van der Waals surface area (Å²) in [7, 11) is 1.86. The summed E-state index contributed by atoms with van der Waals surface area (Å²) in [5, 5.41) is 0. The third-order valence-corrected chi connectivity index (χ3v) is 4.92. The van der Waals surface area contributed by atoms with Gasteiger partial charge in [-0.15, -0.1) is 6.58 Å². The van der Waals surface area contributed by atoms with E-state index in [1.807, 2.05) is 7.05 Å². The fourth-order valence-corrected chi connectivity index (χ4v) is 3.27. The van der Waals surface area contributed by atoms with Gasteiger partial charge in [-0.25, -0.2) is 0 Å². The molecule has 0 aromatic heterocycles. The van der Waals surface area contributed by atoms with Crippen molar-refractivity contribution in [3.8, 4) is 0 Å². The number of hydrogen-bond donors (Lipinski definition) is 0. The zero-order valence-corrected chi connectivity index (χ0v) is 14.0. The van der Waals surface area contributed by atoms with Gasteiger partial charge in [0.2, 0.25) is 11.8 Å². The van der Waals surface area contributed by atoms with E-state index in [9.17, 15) is 9.59 Å². The van der Waals surface area contributed by atoms with Gasteiger partial charge in [0.15, 0.2) is 0 Å². The largest absolute Gasteiger partial charge is 0.344 e. The summed E-state index contributed by atoms with van der Waals surface area (Å²) in [5.74, 6) is 0.816. The second kappa shape index (κ2) is 7.77. The van der Waals surface area contributed by atoms with E-state index in [0.717, 1.165) is 32.1 Å². The van der Waals surface area contributed by atoms with Crippen molar-refractivity contribution in [1.82, 2.24) is 14.7 Å². The summed E-state index contributed by atoms with van der Waals surface area (Å²) >= 11 is 0. The summed E-state index contributed by atoms with van der Waals surface area (Å²) in [4.78, 5) is 30.3. The highest BCUT2D eigenvalue weighted by atomic mass is 16.2. The SMILES string of the molecule is C=CCN1C[C@@H](C(=O)N(C)CCN2CCC(C)CC2)CC1=O. The molecule has 22 heavy (non-hydrogen) atoms. The Kier molecular flexibility index (Phi) is 6.00. The van der Waals surface area contributed by atoms with Gasteiger partial charge in [0.1, 0.15) is 0 Å². The normalized spacial score (nSPS) is 23.8. The third-order valence-electron chi connectivity index (χ3n) is 4.92. The molecule has 5 nitrogen and oxygen atoms in total. The predicted molar refractivity (Wildman–Crippen MR) is 87.4 cm³/mol. The fraction of sp³-hybridized carbons (Fsp3) is 0.765. The van der Waals surface area contributed by atoms with E-state index >= 15 is 0 Å². The Hall–Kier alpha value is -1.36. The lowest BCUT2D eigenvalue weighted by molar-refractivity contribution is -0.134. The average molecular weight is 307 g/mol. The molecule has 2 aliphatic heterocycles. The van der Waals surface area contributed by atoms with Crippen molar-refractivity contribution in [3.63, 3.8) is 0 Å². The zero-order valence-electron chi connectivity index (χ0n) is 14.0. The topological polar surface area (TPSA) is 43.9 Å². The molecule has 0 bridgehead atoms. The molecule has 2 heterocycles. The van der Waals surface area contributed by atoms with Gasteiger partial charge < -0.3 is 14.7 Å². The van der Waals surface area contributed by atoms with Crippen LogP contribution in [0.5, 0.6) is 0 Å². The van der Waals surface area contributed by atoms with Crippen LogP contribution in [0.2, 0.25) is 0 Å². The van der Waals surface area contributed by atoms with Crippen molar-refractivity contribution in [2.45, 2.75) is 26.2 Å². The summed E-state index contributed by atoms with van der Waals surface area (Å²) < 4.78 is 0. The smallest absolute Gasteiger partial charge is 0.227 e. The molecule has 5 heteroatoms. The molecule has 0 radical (unpaired) electrons. The molecule has 0 aliphatic carbocycles. The Balaban J connectivity index is 1.75. The second-order valence-corrected chi connectivity index (χ2v) is 6.77. The minimum Gasteiger partial charge on any atom is -0.344 e. The number of piperidine rings is 1. The van der Waals surface area contributed by atoms with Crippen LogP contribution in [0, 0.1) is 11.8 Å². The molecular formula is C17H29N3O2. The van der Waals surface area contributed by atoms with Gasteiger partial charge in [-0.2, -0.15) is 0 Å². The van der Waals surface area contributed by atoms with Crippen LogP contribution < -0.4 is 0 Å². The number of likely N-dealkylation sites (tertiary alicyclic amines) is 2. The molecule has 0 aromatic rings. The molecular weight excluding hydrogens is 278 g/mol. The van der Waals surface area contributed by atoms with E-state index in [0.29, 0.717) is 19.5 Å². The highest BCUT2D eigenvalue weighted by Crippen LogP contribution is 2.20. The van der Waals surface area contributed by atoms with Gasteiger partial charge >= 0.3 is 0 Å². The molecule has 2 saturated heterocycles. The van der Waals surface area contributed by atoms with E-state index in [2.05, 4.69) is 18.4 Å². The van der Waals surface area contributed by atoms with Crippen molar-refractivity contribution in [3.05, 3.63) is 12.7 Å². The van der Waals surface area contributed by atoms with Crippen LogP contribution in [0.25, 0.3) is 0 Å². The van der Waals surface area contributed by atoms with Crippen LogP contribution in [-0.2, 0) is 9.59 Å². The molecule has 1 atom stereocenters. The molecule has 2 rings (SSSR count). The van der Waals surface area contributed by atoms with Gasteiger partial charge in [-0.05, 0) is 31.8 Å². The Morgan fingerprint density at radius 1 is 1.41 bits per heavy atom. The van der Waals surface area contributed by atoms with Gasteiger partial charge in [0.25, 0.3) is 0 Å². The molecule has 2 fully saturated rings. The van der Waals surface area contributed by atoms with Crippen LogP contribution >= 0.6 is 0 Å². The molecule has 0 spiro atoms. The average Bonchev–Trinajstić information content (AvgIpc) is 2.87. The maximum atomic E-state index is 12.5. The number of hydrogen-bond acceptors (Lipinski definition) is 3. The Bertz CT molecular complexity index is 416. The second-order valence-electron chi connectivity index (χ2n) is 6.77. The lowest BCUT2D eigenvalue weighted by atomic mass is 9.99. The van der Waals surface area contributed by atoms with Crippen LogP contribution in [-0.4, -0.2) is 72.8 Å². The van der Waals surface area contributed by atoms with Crippen LogP contribution in [0.15, 0.2) is 12.7 Å². The van der Waals surface area contributed by atoms with Gasteiger partial charge in [-0.1, -0.05) is 13.0 Å². The zero-order chi connectivity index (χ0) is 16.1. The number of carbonyl (C=O) groups excluding carboxylic acids is 2. The third kappa shape index (κ3) is 4.32. The number of carbonyl (C=O) groups is 2. The first-order chi connectivity index (χ1) is 10.5. The first kappa shape index (κ1) is 17.0. The van der Waals surface area contributed by atoms with E-state index in [4.69, 9.17) is 0 Å². The summed E-state index contributed by atoms with van der Waals surface area (Å²) in [6, 6.07) is 0. The van der Waals surface area contributed by atoms with Crippen molar-refractivity contribution in [2.75, 3.05) is 46.3 Å². The summed E-state index contributed by atoms with van der Waals surface area (Å²) in [6.07, 6.45) is 4.57. The number of rotatable bonds is 6. The monoisotopic (exact) mass is 307 g/mol. The molecule has 2 amide bonds. The fourth-order valence-electron chi connectivity index (χ4n) is 3.27. The van der Waals surface area contributed by atoms with E-state index < -0.39 is 0 Å². The lowest BCUT2D eigenvalue weighted by Crippen LogP contribution is -2.42. The van der Waals surface area contributed by atoms with Crippen molar-refractivity contribution >= 4 is 11.8 Å². The minimum atomic E-state index is -0.182. The van der Waals surface area contributed by atoms with Gasteiger partial charge in [0, 0.05) is 39.6 Å². The molecule has 0 unspecified atom stereocenters. The Morgan fingerprint density at radius 2 is 2.09 bits per heavy atom. The van der Waals surface area contributed by atoms with Crippen LogP contribution in [0.3, 0.4) is 0 Å². The Labute approximate surface area is 133 Å². The van der Waals surface area contributed by atoms with Gasteiger partial charge in [-0.3, -0.25) is 9.59 Å². The van der Waals surface area contributed by atoms with Crippen molar-refractivity contribution in [2.24, 2.45) is 11.8 Å². The standard InChI is InChI=1S/C17H29N3O2/c1-4-7-20-13-15(12-16(20)21)17(22)18(3)10-11-19-8-5-14(2)6-9-19/h4,14-15H,1,5-13H2,2-3H3/t15-/m0/s1.